The number of hydrogen-bond acceptors (Lipinski definition) is 6. The average molecular weight is 466 g/mol. The van der Waals surface area contributed by atoms with E-state index in [-0.39, 0.29) is 17.8 Å². The molecule has 3 aromatic rings. The molecule has 0 bridgehead atoms. The molecule has 0 saturated heterocycles. The van der Waals surface area contributed by atoms with Crippen molar-refractivity contribution in [3.05, 3.63) is 58.0 Å². The van der Waals surface area contributed by atoms with Crippen molar-refractivity contribution in [1.29, 1.82) is 0 Å². The molecule has 0 aliphatic heterocycles. The molecular formula is C20H21Cl2N5O2S. The van der Waals surface area contributed by atoms with Gasteiger partial charge in [-0.05, 0) is 50.6 Å². The Morgan fingerprint density at radius 3 is 2.77 bits per heavy atom. The van der Waals surface area contributed by atoms with Gasteiger partial charge in [0.25, 0.3) is 0 Å². The normalized spacial score (nSPS) is 11.9. The number of benzene rings is 1. The number of hydrogen-bond donors (Lipinski definition) is 1. The Kier molecular flexibility index (Phi) is 7.58. The van der Waals surface area contributed by atoms with Crippen LogP contribution < -0.4 is 10.1 Å². The van der Waals surface area contributed by atoms with Crippen LogP contribution >= 0.6 is 35.0 Å². The van der Waals surface area contributed by atoms with Crippen LogP contribution in [0, 0.1) is 6.92 Å². The number of aromatic nitrogens is 4. The van der Waals surface area contributed by atoms with Crippen molar-refractivity contribution < 1.29 is 9.53 Å². The minimum atomic E-state index is -0.363. The van der Waals surface area contributed by atoms with Crippen LogP contribution in [-0.2, 0) is 11.3 Å². The van der Waals surface area contributed by atoms with E-state index in [1.807, 2.05) is 37.5 Å². The second-order valence-electron chi connectivity index (χ2n) is 6.48. The number of aryl methyl sites for hydroxylation is 1. The van der Waals surface area contributed by atoms with Crippen molar-refractivity contribution in [2.24, 2.45) is 0 Å². The van der Waals surface area contributed by atoms with Crippen molar-refractivity contribution in [2.45, 2.75) is 38.6 Å². The third kappa shape index (κ3) is 5.65. The number of nitrogens with one attached hydrogen (secondary N) is 1. The van der Waals surface area contributed by atoms with Crippen molar-refractivity contribution in [3.8, 4) is 5.75 Å². The smallest absolute Gasteiger partial charge is 0.236 e. The molecule has 0 radical (unpaired) electrons. The van der Waals surface area contributed by atoms with Crippen molar-refractivity contribution in [1.82, 2.24) is 19.7 Å². The predicted molar refractivity (Wildman–Crippen MR) is 120 cm³/mol. The highest BCUT2D eigenvalue weighted by Gasteiger charge is 2.20. The standard InChI is InChI=1S/C20H21Cl2N5O2S/c1-4-27-19(13(3)29-16-9-12(2)5-7-15(16)22)25-26-20(27)30-11-18(28)24-17-8-6-14(21)10-23-17/h5-10,13H,4,11H2,1-3H3,(H,23,24,28). The maximum atomic E-state index is 12.2. The summed E-state index contributed by atoms with van der Waals surface area (Å²) in [4.78, 5) is 16.3. The molecule has 10 heteroatoms. The molecule has 1 atom stereocenters. The summed E-state index contributed by atoms with van der Waals surface area (Å²) in [5, 5.41) is 12.9. The number of carbonyl (C=O) groups is 1. The molecule has 0 spiro atoms. The number of pyridine rings is 1. The van der Waals surface area contributed by atoms with Gasteiger partial charge in [-0.15, -0.1) is 10.2 Å². The number of nitrogens with zero attached hydrogens (tertiary/aromatic N) is 4. The number of ether oxygens (including phenoxy) is 1. The van der Waals surface area contributed by atoms with Crippen molar-refractivity contribution in [2.75, 3.05) is 11.1 Å². The van der Waals surface area contributed by atoms with Gasteiger partial charge in [-0.1, -0.05) is 41.0 Å². The van der Waals surface area contributed by atoms with Gasteiger partial charge in [-0.3, -0.25) is 4.79 Å². The summed E-state index contributed by atoms with van der Waals surface area (Å²) in [5.41, 5.74) is 1.05. The number of thioether (sulfide) groups is 1. The Morgan fingerprint density at radius 2 is 2.07 bits per heavy atom. The van der Waals surface area contributed by atoms with Crippen molar-refractivity contribution in [3.63, 3.8) is 0 Å². The van der Waals surface area contributed by atoms with E-state index >= 15 is 0 Å². The zero-order valence-corrected chi connectivity index (χ0v) is 19.1. The lowest BCUT2D eigenvalue weighted by molar-refractivity contribution is -0.113. The lowest BCUT2D eigenvalue weighted by Crippen LogP contribution is -2.16. The van der Waals surface area contributed by atoms with E-state index in [0.717, 1.165) is 5.56 Å². The number of rotatable bonds is 8. The van der Waals surface area contributed by atoms with E-state index < -0.39 is 0 Å². The lowest BCUT2D eigenvalue weighted by Gasteiger charge is -2.16. The topological polar surface area (TPSA) is 81.9 Å². The molecule has 0 saturated carbocycles. The second-order valence-corrected chi connectivity index (χ2v) is 8.26. The highest BCUT2D eigenvalue weighted by Crippen LogP contribution is 2.30. The summed E-state index contributed by atoms with van der Waals surface area (Å²) in [5.74, 6) is 1.68. The Labute approximate surface area is 189 Å². The summed E-state index contributed by atoms with van der Waals surface area (Å²) in [6.07, 6.45) is 1.12. The van der Waals surface area contributed by atoms with Gasteiger partial charge in [0.2, 0.25) is 5.91 Å². The van der Waals surface area contributed by atoms with Crippen molar-refractivity contribution >= 4 is 46.7 Å². The third-order valence-corrected chi connectivity index (χ3v) is 5.65. The van der Waals surface area contributed by atoms with E-state index in [4.69, 9.17) is 27.9 Å². The minimum Gasteiger partial charge on any atom is -0.481 e. The Morgan fingerprint density at radius 1 is 1.27 bits per heavy atom. The Bertz CT molecular complexity index is 1030. The zero-order valence-electron chi connectivity index (χ0n) is 16.7. The molecular weight excluding hydrogens is 445 g/mol. The van der Waals surface area contributed by atoms with Gasteiger partial charge in [-0.25, -0.2) is 4.98 Å². The molecule has 0 fully saturated rings. The minimum absolute atomic E-state index is 0.168. The Balaban J connectivity index is 1.65. The van der Waals surface area contributed by atoms with Gasteiger partial charge >= 0.3 is 0 Å². The second kappa shape index (κ2) is 10.1. The number of amides is 1. The largest absolute Gasteiger partial charge is 0.481 e. The first-order valence-corrected chi connectivity index (χ1v) is 11.0. The number of carbonyl (C=O) groups excluding carboxylic acids is 1. The summed E-state index contributed by atoms with van der Waals surface area (Å²) in [6.45, 7) is 6.49. The molecule has 2 heterocycles. The summed E-state index contributed by atoms with van der Waals surface area (Å²) in [6, 6.07) is 8.93. The first-order valence-electron chi connectivity index (χ1n) is 9.27. The molecule has 2 aromatic heterocycles. The fourth-order valence-corrected chi connectivity index (χ4v) is 3.79. The molecule has 1 N–H and O–H groups in total. The number of halogens is 2. The maximum absolute atomic E-state index is 12.2. The molecule has 30 heavy (non-hydrogen) atoms. The van der Waals surface area contributed by atoms with Crippen LogP contribution in [0.4, 0.5) is 5.82 Å². The van der Waals surface area contributed by atoms with E-state index in [0.29, 0.717) is 39.1 Å². The fourth-order valence-electron chi connectivity index (χ4n) is 2.71. The molecule has 7 nitrogen and oxygen atoms in total. The van der Waals surface area contributed by atoms with Crippen LogP contribution in [0.25, 0.3) is 0 Å². The molecule has 1 aromatic carbocycles. The molecule has 1 unspecified atom stereocenters. The number of anilines is 1. The van der Waals surface area contributed by atoms with E-state index in [9.17, 15) is 4.79 Å². The van der Waals surface area contributed by atoms with Gasteiger partial charge in [-0.2, -0.15) is 0 Å². The molecule has 3 rings (SSSR count). The predicted octanol–water partition coefficient (Wildman–Crippen LogP) is 5.18. The highest BCUT2D eigenvalue weighted by molar-refractivity contribution is 7.99. The van der Waals surface area contributed by atoms with E-state index in [1.54, 1.807) is 18.2 Å². The summed E-state index contributed by atoms with van der Waals surface area (Å²) < 4.78 is 7.94. The maximum Gasteiger partial charge on any atom is 0.236 e. The van der Waals surface area contributed by atoms with E-state index in [1.165, 1.54) is 18.0 Å². The lowest BCUT2D eigenvalue weighted by atomic mass is 10.2. The van der Waals surface area contributed by atoms with Crippen LogP contribution in [-0.4, -0.2) is 31.4 Å². The van der Waals surface area contributed by atoms with Crippen LogP contribution in [0.2, 0.25) is 10.0 Å². The fraction of sp³-hybridized carbons (Fsp3) is 0.300. The quantitative estimate of drug-likeness (QED) is 0.461. The first-order chi connectivity index (χ1) is 14.4. The monoisotopic (exact) mass is 465 g/mol. The van der Waals surface area contributed by atoms with Gasteiger partial charge in [0.05, 0.1) is 15.8 Å². The van der Waals surface area contributed by atoms with Gasteiger partial charge in [0.1, 0.15) is 11.6 Å². The van der Waals surface area contributed by atoms with Crippen LogP contribution in [0.5, 0.6) is 5.75 Å². The third-order valence-electron chi connectivity index (χ3n) is 4.14. The van der Waals surface area contributed by atoms with Gasteiger partial charge in [0, 0.05) is 12.7 Å². The van der Waals surface area contributed by atoms with E-state index in [2.05, 4.69) is 20.5 Å². The van der Waals surface area contributed by atoms with Crippen LogP contribution in [0.1, 0.15) is 31.3 Å². The van der Waals surface area contributed by atoms with Gasteiger partial charge in [0.15, 0.2) is 17.1 Å². The Hall–Kier alpha value is -2.29. The molecule has 0 aliphatic rings. The highest BCUT2D eigenvalue weighted by atomic mass is 35.5. The van der Waals surface area contributed by atoms with Gasteiger partial charge < -0.3 is 14.6 Å². The molecule has 1 amide bonds. The van der Waals surface area contributed by atoms with Crippen LogP contribution in [0.3, 0.4) is 0 Å². The summed E-state index contributed by atoms with van der Waals surface area (Å²) in [7, 11) is 0. The SMILES string of the molecule is CCn1c(SCC(=O)Nc2ccc(Cl)cn2)nnc1C(C)Oc1cc(C)ccc1Cl. The molecule has 158 valence electrons. The zero-order chi connectivity index (χ0) is 21.7. The van der Waals surface area contributed by atoms with Crippen LogP contribution in [0.15, 0.2) is 41.7 Å². The average Bonchev–Trinajstić information content (AvgIpc) is 3.14. The molecule has 0 aliphatic carbocycles. The first kappa shape index (κ1) is 22.4. The summed E-state index contributed by atoms with van der Waals surface area (Å²) >= 11 is 13.3.